The number of H-pyrrole nitrogens is 1. The summed E-state index contributed by atoms with van der Waals surface area (Å²) in [6.07, 6.45) is -3.07. The number of rotatable bonds is 9. The van der Waals surface area contributed by atoms with Gasteiger partial charge in [0.05, 0.1) is 32.6 Å². The van der Waals surface area contributed by atoms with Gasteiger partial charge in [-0.3, -0.25) is 14.3 Å². The largest absolute Gasteiger partial charge is 0.394 e. The number of aliphatic hydroxyl groups is 3. The quantitative estimate of drug-likeness (QED) is 0.149. The van der Waals surface area contributed by atoms with E-state index in [4.69, 9.17) is 14.4 Å². The Morgan fingerprint density at radius 2 is 1.44 bits per heavy atom. The number of ether oxygens (including phenoxy) is 1. The third-order valence-electron chi connectivity index (χ3n) is 8.03. The summed E-state index contributed by atoms with van der Waals surface area (Å²) in [6, 6.07) is 28.2. The first-order valence-corrected chi connectivity index (χ1v) is 13.6. The van der Waals surface area contributed by atoms with Gasteiger partial charge >= 0.3 is 0 Å². The van der Waals surface area contributed by atoms with Crippen LogP contribution in [0.4, 0.5) is 5.95 Å². The van der Waals surface area contributed by atoms with Crippen molar-refractivity contribution in [3.63, 3.8) is 0 Å². The molecule has 2 aromatic heterocycles. The fourth-order valence-electron chi connectivity index (χ4n) is 6.30. The molecule has 5 aromatic rings. The third kappa shape index (κ3) is 4.19. The second kappa shape index (κ2) is 11.3. The minimum Gasteiger partial charge on any atom is -0.394 e. The van der Waals surface area contributed by atoms with E-state index in [1.54, 1.807) is 0 Å². The molecule has 3 aromatic carbocycles. The standard InChI is InChI=1S/C31H31N5O7/c1-41-36(42-2)29-33-27-24(28(40)34-29)32-19-35(27)31(26(39)25(38)23(18-37)43-31)30(20-12-6-3-7-13-20,21-14-8-4-9-15-21)22-16-10-5-11-17-22/h3-17,19,23,25-26,37-39H,18H2,1-2H3,(H,33,34,40)/t23-,25-,26-,31+/m1/s1. The number of hydrogen-bond acceptors (Lipinski definition) is 10. The molecule has 6 rings (SSSR count). The van der Waals surface area contributed by atoms with E-state index >= 15 is 0 Å². The Morgan fingerprint density at radius 1 is 0.930 bits per heavy atom. The second-order valence-corrected chi connectivity index (χ2v) is 10.1. The lowest BCUT2D eigenvalue weighted by atomic mass is 9.60. The van der Waals surface area contributed by atoms with Crippen molar-refractivity contribution >= 4 is 17.1 Å². The van der Waals surface area contributed by atoms with Crippen LogP contribution < -0.4 is 10.8 Å². The maximum absolute atomic E-state index is 13.3. The van der Waals surface area contributed by atoms with Crippen molar-refractivity contribution in [2.45, 2.75) is 29.5 Å². The Hall–Kier alpha value is -4.43. The van der Waals surface area contributed by atoms with Crippen LogP contribution in [0, 0.1) is 0 Å². The van der Waals surface area contributed by atoms with Gasteiger partial charge in [-0.1, -0.05) is 96.2 Å². The van der Waals surface area contributed by atoms with Gasteiger partial charge in [0.2, 0.25) is 0 Å². The van der Waals surface area contributed by atoms with Gasteiger partial charge in [-0.05, 0) is 16.7 Å². The molecular weight excluding hydrogens is 554 g/mol. The van der Waals surface area contributed by atoms with Crippen molar-refractivity contribution in [2.24, 2.45) is 0 Å². The number of imidazole rings is 1. The van der Waals surface area contributed by atoms with Gasteiger partial charge < -0.3 is 20.1 Å². The van der Waals surface area contributed by atoms with Crippen LogP contribution in [-0.4, -0.2) is 74.0 Å². The molecule has 0 amide bonds. The van der Waals surface area contributed by atoms with E-state index in [2.05, 4.69) is 15.0 Å². The number of aromatic nitrogens is 4. The van der Waals surface area contributed by atoms with Crippen LogP contribution in [0.3, 0.4) is 0 Å². The van der Waals surface area contributed by atoms with Crippen molar-refractivity contribution < 1.29 is 29.7 Å². The predicted octanol–water partition coefficient (Wildman–Crippen LogP) is 1.85. The molecule has 43 heavy (non-hydrogen) atoms. The summed E-state index contributed by atoms with van der Waals surface area (Å²) >= 11 is 0. The highest BCUT2D eigenvalue weighted by Crippen LogP contribution is 2.57. The molecule has 12 nitrogen and oxygen atoms in total. The maximum atomic E-state index is 13.3. The summed E-state index contributed by atoms with van der Waals surface area (Å²) in [6.45, 7) is -0.596. The van der Waals surface area contributed by atoms with Gasteiger partial charge in [-0.15, -0.1) is 0 Å². The van der Waals surface area contributed by atoms with E-state index in [9.17, 15) is 20.1 Å². The van der Waals surface area contributed by atoms with Crippen LogP contribution in [-0.2, 0) is 25.6 Å². The number of nitrogens with zero attached hydrogens (tertiary/aromatic N) is 4. The molecular formula is C31H31N5O7. The Morgan fingerprint density at radius 3 is 1.88 bits per heavy atom. The number of fused-ring (bicyclic) bond motifs is 1. The highest BCUT2D eigenvalue weighted by atomic mass is 16.9. The van der Waals surface area contributed by atoms with Crippen molar-refractivity contribution in [1.29, 1.82) is 0 Å². The van der Waals surface area contributed by atoms with Gasteiger partial charge in [-0.2, -0.15) is 4.98 Å². The number of hydrogen-bond donors (Lipinski definition) is 4. The minimum absolute atomic E-state index is 0.00913. The first-order valence-electron chi connectivity index (χ1n) is 13.6. The topological polar surface area (TPSA) is 155 Å². The van der Waals surface area contributed by atoms with Crippen LogP contribution in [0.15, 0.2) is 102 Å². The molecule has 222 valence electrons. The fraction of sp³-hybridized carbons (Fsp3) is 0.258. The molecule has 1 aliphatic heterocycles. The lowest BCUT2D eigenvalue weighted by Crippen LogP contribution is -2.61. The normalized spacial score (nSPS) is 22.2. The number of anilines is 1. The van der Waals surface area contributed by atoms with Gasteiger partial charge in [0.25, 0.3) is 11.5 Å². The van der Waals surface area contributed by atoms with Gasteiger partial charge in [0.15, 0.2) is 16.9 Å². The number of aromatic amines is 1. The molecule has 0 bridgehead atoms. The molecule has 3 heterocycles. The van der Waals surface area contributed by atoms with Crippen LogP contribution in [0.25, 0.3) is 11.2 Å². The number of aliphatic hydroxyl groups excluding tert-OH is 3. The van der Waals surface area contributed by atoms with Crippen molar-refractivity contribution in [3.05, 3.63) is 124 Å². The molecule has 1 aliphatic rings. The van der Waals surface area contributed by atoms with Crippen LogP contribution in [0.5, 0.6) is 0 Å². The first kappa shape index (κ1) is 28.7. The summed E-state index contributed by atoms with van der Waals surface area (Å²) < 4.78 is 8.20. The minimum atomic E-state index is -1.97. The molecule has 0 aliphatic carbocycles. The zero-order valence-corrected chi connectivity index (χ0v) is 23.4. The zero-order valence-electron chi connectivity index (χ0n) is 23.4. The van der Waals surface area contributed by atoms with E-state index in [0.717, 1.165) is 5.23 Å². The molecule has 0 unspecified atom stereocenters. The SMILES string of the molecule is CON(OC)c1nc2c(ncn2[C@]2(C(c3ccccc3)(c3ccccc3)c3ccccc3)O[C@H](CO)[C@@H](O)[C@H]2O)c(=O)[nH]1. The summed E-state index contributed by atoms with van der Waals surface area (Å²) in [5.41, 5.74) is -1.96. The lowest BCUT2D eigenvalue weighted by molar-refractivity contribution is -0.175. The second-order valence-electron chi connectivity index (χ2n) is 10.1. The molecule has 1 fully saturated rings. The Balaban J connectivity index is 1.82. The van der Waals surface area contributed by atoms with Gasteiger partial charge in [0, 0.05) is 0 Å². The molecule has 0 saturated carbocycles. The van der Waals surface area contributed by atoms with Crippen molar-refractivity contribution in [1.82, 2.24) is 19.5 Å². The summed E-state index contributed by atoms with van der Waals surface area (Å²) in [5.74, 6) is -0.101. The highest BCUT2D eigenvalue weighted by molar-refractivity contribution is 5.72. The summed E-state index contributed by atoms with van der Waals surface area (Å²) in [7, 11) is 2.67. The van der Waals surface area contributed by atoms with Gasteiger partial charge in [-0.25, -0.2) is 14.7 Å². The summed E-state index contributed by atoms with van der Waals surface area (Å²) in [4.78, 5) is 35.3. The maximum Gasteiger partial charge on any atom is 0.280 e. The van der Waals surface area contributed by atoms with Crippen molar-refractivity contribution in [2.75, 3.05) is 26.1 Å². The summed E-state index contributed by atoms with van der Waals surface area (Å²) in [5, 5.41) is 35.0. The average Bonchev–Trinajstić information content (AvgIpc) is 3.59. The predicted molar refractivity (Wildman–Crippen MR) is 156 cm³/mol. The molecule has 12 heteroatoms. The highest BCUT2D eigenvalue weighted by Gasteiger charge is 2.68. The van der Waals surface area contributed by atoms with Crippen molar-refractivity contribution in [3.8, 4) is 0 Å². The molecule has 4 atom stereocenters. The smallest absolute Gasteiger partial charge is 0.280 e. The van der Waals surface area contributed by atoms with Gasteiger partial charge in [0.1, 0.15) is 18.3 Å². The molecule has 0 radical (unpaired) electrons. The average molecular weight is 586 g/mol. The lowest BCUT2D eigenvalue weighted by Gasteiger charge is -2.51. The molecule has 1 saturated heterocycles. The van der Waals surface area contributed by atoms with E-state index in [1.807, 2.05) is 91.0 Å². The Bertz CT molecular complexity index is 1650. The fourth-order valence-corrected chi connectivity index (χ4v) is 6.30. The third-order valence-corrected chi connectivity index (χ3v) is 8.03. The van der Waals surface area contributed by atoms with Crippen LogP contribution >= 0.6 is 0 Å². The van der Waals surface area contributed by atoms with Crippen LogP contribution in [0.1, 0.15) is 16.7 Å². The Kier molecular flexibility index (Phi) is 7.56. The van der Waals surface area contributed by atoms with E-state index in [-0.39, 0.29) is 17.1 Å². The van der Waals surface area contributed by atoms with E-state index < -0.39 is 41.6 Å². The van der Waals surface area contributed by atoms with E-state index in [1.165, 1.54) is 25.1 Å². The molecule has 0 spiro atoms. The molecule has 4 N–H and O–H groups in total. The Labute approximate surface area is 246 Å². The first-order chi connectivity index (χ1) is 20.9. The van der Waals surface area contributed by atoms with Crippen LogP contribution in [0.2, 0.25) is 0 Å². The number of benzene rings is 3. The number of nitrogens with one attached hydrogen (secondary N) is 1. The zero-order chi connectivity index (χ0) is 30.2. The monoisotopic (exact) mass is 585 g/mol. The van der Waals surface area contributed by atoms with E-state index in [0.29, 0.717) is 16.7 Å².